The van der Waals surface area contributed by atoms with Crippen LogP contribution in [0, 0.1) is 0 Å². The molecule has 0 atom stereocenters. The average molecular weight is 276 g/mol. The minimum Gasteiger partial charge on any atom is -0.366 e. The molecule has 0 radical (unpaired) electrons. The Bertz CT molecular complexity index is 643. The van der Waals surface area contributed by atoms with Crippen LogP contribution in [0.15, 0.2) is 42.6 Å². The van der Waals surface area contributed by atoms with E-state index in [4.69, 9.17) is 17.3 Å². The Balaban J connectivity index is 2.20. The Morgan fingerprint density at radius 1 is 1.16 bits per heavy atom. The average Bonchev–Trinajstić information content (AvgIpc) is 2.39. The zero-order valence-electron chi connectivity index (χ0n) is 9.76. The maximum atomic E-state index is 12.0. The van der Waals surface area contributed by atoms with Gasteiger partial charge < -0.3 is 11.1 Å². The van der Waals surface area contributed by atoms with Gasteiger partial charge in [-0.2, -0.15) is 0 Å². The van der Waals surface area contributed by atoms with Crippen LogP contribution in [0.3, 0.4) is 0 Å². The van der Waals surface area contributed by atoms with Crippen LogP contribution in [0.2, 0.25) is 5.15 Å². The second kappa shape index (κ2) is 5.49. The Labute approximate surface area is 114 Å². The lowest BCUT2D eigenvalue weighted by Crippen LogP contribution is -2.15. The third-order valence-electron chi connectivity index (χ3n) is 2.39. The van der Waals surface area contributed by atoms with E-state index in [0.29, 0.717) is 11.3 Å². The second-order valence-electron chi connectivity index (χ2n) is 3.77. The quantitative estimate of drug-likeness (QED) is 0.841. The number of halogens is 1. The predicted molar refractivity (Wildman–Crippen MR) is 72.2 cm³/mol. The van der Waals surface area contributed by atoms with Crippen LogP contribution >= 0.6 is 11.6 Å². The number of rotatable bonds is 3. The van der Waals surface area contributed by atoms with Gasteiger partial charge in [0, 0.05) is 23.0 Å². The topological polar surface area (TPSA) is 85.1 Å². The van der Waals surface area contributed by atoms with Gasteiger partial charge in [-0.1, -0.05) is 17.7 Å². The number of aromatic nitrogens is 1. The fourth-order valence-corrected chi connectivity index (χ4v) is 1.67. The molecule has 1 aromatic carbocycles. The molecule has 0 spiro atoms. The molecule has 1 aromatic heterocycles. The van der Waals surface area contributed by atoms with Crippen LogP contribution in [0.5, 0.6) is 0 Å². The first kappa shape index (κ1) is 13.0. The summed E-state index contributed by atoms with van der Waals surface area (Å²) in [6.07, 6.45) is 1.48. The van der Waals surface area contributed by atoms with Crippen molar-refractivity contribution in [1.29, 1.82) is 0 Å². The number of benzene rings is 1. The van der Waals surface area contributed by atoms with Gasteiger partial charge in [0.1, 0.15) is 5.15 Å². The number of pyridine rings is 1. The van der Waals surface area contributed by atoms with E-state index < -0.39 is 5.91 Å². The Morgan fingerprint density at radius 2 is 1.89 bits per heavy atom. The standard InChI is InChI=1S/C13H10ClN3O2/c14-11-7-10(4-5-16-11)17-13(19)9-3-1-2-8(6-9)12(15)18/h1-7H,(H2,15,18)(H,16,17,19). The van der Waals surface area contributed by atoms with Gasteiger partial charge >= 0.3 is 0 Å². The van der Waals surface area contributed by atoms with Gasteiger partial charge in [-0.15, -0.1) is 0 Å². The van der Waals surface area contributed by atoms with E-state index in [-0.39, 0.29) is 16.6 Å². The summed E-state index contributed by atoms with van der Waals surface area (Å²) >= 11 is 5.72. The first-order valence-corrected chi connectivity index (χ1v) is 5.77. The Morgan fingerprint density at radius 3 is 2.58 bits per heavy atom. The first-order chi connectivity index (χ1) is 9.06. The lowest BCUT2D eigenvalue weighted by Gasteiger charge is -2.06. The monoisotopic (exact) mass is 275 g/mol. The second-order valence-corrected chi connectivity index (χ2v) is 4.15. The van der Waals surface area contributed by atoms with Gasteiger partial charge in [-0.3, -0.25) is 9.59 Å². The van der Waals surface area contributed by atoms with Crippen molar-refractivity contribution < 1.29 is 9.59 Å². The van der Waals surface area contributed by atoms with E-state index >= 15 is 0 Å². The summed E-state index contributed by atoms with van der Waals surface area (Å²) in [5.74, 6) is -0.938. The van der Waals surface area contributed by atoms with E-state index in [2.05, 4.69) is 10.3 Å². The molecule has 1 heterocycles. The highest BCUT2D eigenvalue weighted by molar-refractivity contribution is 6.29. The summed E-state index contributed by atoms with van der Waals surface area (Å²) in [6, 6.07) is 9.29. The highest BCUT2D eigenvalue weighted by atomic mass is 35.5. The number of carbonyl (C=O) groups excluding carboxylic acids is 2. The molecule has 96 valence electrons. The van der Waals surface area contributed by atoms with Crippen LogP contribution in [0.4, 0.5) is 5.69 Å². The third-order valence-corrected chi connectivity index (χ3v) is 2.60. The van der Waals surface area contributed by atoms with Crippen LogP contribution in [0.25, 0.3) is 0 Å². The van der Waals surface area contributed by atoms with E-state index in [0.717, 1.165) is 0 Å². The third kappa shape index (κ3) is 3.29. The van der Waals surface area contributed by atoms with Crippen molar-refractivity contribution >= 4 is 29.1 Å². The van der Waals surface area contributed by atoms with E-state index in [1.165, 1.54) is 18.3 Å². The fourth-order valence-electron chi connectivity index (χ4n) is 1.50. The summed E-state index contributed by atoms with van der Waals surface area (Å²) in [5, 5.41) is 2.93. The molecule has 5 nitrogen and oxygen atoms in total. The molecular formula is C13H10ClN3O2. The fraction of sp³-hybridized carbons (Fsp3) is 0. The van der Waals surface area contributed by atoms with Gasteiger partial charge in [0.15, 0.2) is 0 Å². The maximum absolute atomic E-state index is 12.0. The van der Waals surface area contributed by atoms with E-state index in [1.807, 2.05) is 0 Å². The zero-order chi connectivity index (χ0) is 13.8. The molecule has 19 heavy (non-hydrogen) atoms. The number of primary amides is 1. The maximum Gasteiger partial charge on any atom is 0.255 e. The molecule has 0 aliphatic rings. The molecule has 2 amide bonds. The van der Waals surface area contributed by atoms with Crippen molar-refractivity contribution in [3.63, 3.8) is 0 Å². The zero-order valence-corrected chi connectivity index (χ0v) is 10.5. The molecule has 3 N–H and O–H groups in total. The van der Waals surface area contributed by atoms with Crippen molar-refractivity contribution in [3.8, 4) is 0 Å². The highest BCUT2D eigenvalue weighted by Crippen LogP contribution is 2.14. The number of nitrogens with two attached hydrogens (primary N) is 1. The Hall–Kier alpha value is -2.40. The lowest BCUT2D eigenvalue weighted by molar-refractivity contribution is 0.1000. The molecule has 0 saturated heterocycles. The van der Waals surface area contributed by atoms with Crippen molar-refractivity contribution in [3.05, 3.63) is 58.9 Å². The molecule has 0 saturated carbocycles. The number of hydrogen-bond acceptors (Lipinski definition) is 3. The van der Waals surface area contributed by atoms with E-state index in [1.54, 1.807) is 24.3 Å². The molecule has 6 heteroatoms. The summed E-state index contributed by atoms with van der Waals surface area (Å²) in [7, 11) is 0. The number of amides is 2. The molecule has 0 fully saturated rings. The SMILES string of the molecule is NC(=O)c1cccc(C(=O)Nc2ccnc(Cl)c2)c1. The minimum absolute atomic E-state index is 0.278. The summed E-state index contributed by atoms with van der Waals surface area (Å²) < 4.78 is 0. The number of hydrogen-bond donors (Lipinski definition) is 2. The normalized spacial score (nSPS) is 9.95. The molecule has 2 rings (SSSR count). The van der Waals surface area contributed by atoms with Gasteiger partial charge in [-0.05, 0) is 30.3 Å². The summed E-state index contributed by atoms with van der Waals surface area (Å²) in [5.41, 5.74) is 6.30. The van der Waals surface area contributed by atoms with Gasteiger partial charge in [0.05, 0.1) is 0 Å². The number of nitrogens with zero attached hydrogens (tertiary/aromatic N) is 1. The van der Waals surface area contributed by atoms with Crippen LogP contribution in [0.1, 0.15) is 20.7 Å². The molecular weight excluding hydrogens is 266 g/mol. The molecule has 0 bridgehead atoms. The smallest absolute Gasteiger partial charge is 0.255 e. The number of nitrogens with one attached hydrogen (secondary N) is 1. The van der Waals surface area contributed by atoms with Crippen LogP contribution in [-0.2, 0) is 0 Å². The van der Waals surface area contributed by atoms with E-state index in [9.17, 15) is 9.59 Å². The summed E-state index contributed by atoms with van der Waals surface area (Å²) in [6.45, 7) is 0. The Kier molecular flexibility index (Phi) is 3.77. The molecule has 0 aliphatic carbocycles. The number of anilines is 1. The van der Waals surface area contributed by atoms with Gasteiger partial charge in [0.2, 0.25) is 5.91 Å². The van der Waals surface area contributed by atoms with Gasteiger partial charge in [-0.25, -0.2) is 4.98 Å². The van der Waals surface area contributed by atoms with Crippen molar-refractivity contribution in [2.75, 3.05) is 5.32 Å². The first-order valence-electron chi connectivity index (χ1n) is 5.39. The molecule has 0 unspecified atom stereocenters. The molecule has 2 aromatic rings. The molecule has 0 aliphatic heterocycles. The van der Waals surface area contributed by atoms with Crippen LogP contribution < -0.4 is 11.1 Å². The van der Waals surface area contributed by atoms with Crippen LogP contribution in [-0.4, -0.2) is 16.8 Å². The number of carbonyl (C=O) groups is 2. The predicted octanol–water partition coefficient (Wildman–Crippen LogP) is 2.09. The van der Waals surface area contributed by atoms with Crippen molar-refractivity contribution in [2.24, 2.45) is 5.73 Å². The van der Waals surface area contributed by atoms with Crippen molar-refractivity contribution in [1.82, 2.24) is 4.98 Å². The van der Waals surface area contributed by atoms with Gasteiger partial charge in [0.25, 0.3) is 5.91 Å². The van der Waals surface area contributed by atoms with Crippen molar-refractivity contribution in [2.45, 2.75) is 0 Å². The largest absolute Gasteiger partial charge is 0.366 e. The summed E-state index contributed by atoms with van der Waals surface area (Å²) in [4.78, 5) is 26.8. The highest BCUT2D eigenvalue weighted by Gasteiger charge is 2.09. The lowest BCUT2D eigenvalue weighted by atomic mass is 10.1. The minimum atomic E-state index is -0.582.